The van der Waals surface area contributed by atoms with Gasteiger partial charge < -0.3 is 11.5 Å². The largest absolute Gasteiger partial charge is 0.397 e. The van der Waals surface area contributed by atoms with Crippen LogP contribution in [0.1, 0.15) is 37.3 Å². The van der Waals surface area contributed by atoms with Crippen LogP contribution in [0.5, 0.6) is 0 Å². The third kappa shape index (κ3) is 1.73. The van der Waals surface area contributed by atoms with Crippen molar-refractivity contribution < 1.29 is 0 Å². The van der Waals surface area contributed by atoms with Gasteiger partial charge in [0.1, 0.15) is 0 Å². The van der Waals surface area contributed by atoms with Gasteiger partial charge in [0.2, 0.25) is 0 Å². The SMILES string of the molecule is Nc1cccnc1C1CCCCC1N. The Kier molecular flexibility index (Phi) is 2.68. The molecule has 3 heteroatoms. The van der Waals surface area contributed by atoms with Gasteiger partial charge in [-0.3, -0.25) is 4.98 Å². The summed E-state index contributed by atoms with van der Waals surface area (Å²) in [5.41, 5.74) is 13.8. The molecule has 0 aromatic carbocycles. The third-order valence-corrected chi connectivity index (χ3v) is 3.04. The fourth-order valence-electron chi connectivity index (χ4n) is 2.24. The van der Waals surface area contributed by atoms with Crippen molar-refractivity contribution >= 4 is 5.69 Å². The highest BCUT2D eigenvalue weighted by molar-refractivity contribution is 5.44. The van der Waals surface area contributed by atoms with Crippen LogP contribution in [0.2, 0.25) is 0 Å². The molecule has 1 heterocycles. The minimum absolute atomic E-state index is 0.237. The van der Waals surface area contributed by atoms with Crippen molar-refractivity contribution in [3.05, 3.63) is 24.0 Å². The van der Waals surface area contributed by atoms with Crippen molar-refractivity contribution in [3.63, 3.8) is 0 Å². The number of aromatic nitrogens is 1. The Hall–Kier alpha value is -1.09. The Morgan fingerprint density at radius 2 is 2.07 bits per heavy atom. The van der Waals surface area contributed by atoms with Crippen molar-refractivity contribution in [2.24, 2.45) is 5.73 Å². The van der Waals surface area contributed by atoms with Gasteiger partial charge in [-0.05, 0) is 25.0 Å². The summed E-state index contributed by atoms with van der Waals surface area (Å²) in [5.74, 6) is 0.366. The maximum absolute atomic E-state index is 6.08. The van der Waals surface area contributed by atoms with Crippen LogP contribution in [0.25, 0.3) is 0 Å². The van der Waals surface area contributed by atoms with Gasteiger partial charge in [-0.2, -0.15) is 0 Å². The monoisotopic (exact) mass is 191 g/mol. The molecule has 0 aliphatic heterocycles. The second-order valence-corrected chi connectivity index (χ2v) is 4.03. The molecule has 76 valence electrons. The van der Waals surface area contributed by atoms with E-state index in [4.69, 9.17) is 11.5 Å². The molecule has 2 unspecified atom stereocenters. The summed E-state index contributed by atoms with van der Waals surface area (Å²) in [6, 6.07) is 4.01. The zero-order valence-electron chi connectivity index (χ0n) is 8.32. The van der Waals surface area contributed by atoms with Crippen molar-refractivity contribution in [1.82, 2.24) is 4.98 Å². The molecule has 1 aliphatic rings. The Labute approximate surface area is 84.5 Å². The van der Waals surface area contributed by atoms with E-state index in [1.807, 2.05) is 12.1 Å². The van der Waals surface area contributed by atoms with Crippen molar-refractivity contribution in [2.45, 2.75) is 37.6 Å². The summed E-state index contributed by atoms with van der Waals surface area (Å²) in [4.78, 5) is 4.35. The maximum atomic E-state index is 6.08. The van der Waals surface area contributed by atoms with Crippen LogP contribution in [0.4, 0.5) is 5.69 Å². The molecule has 1 aliphatic carbocycles. The normalized spacial score (nSPS) is 27.5. The molecule has 1 fully saturated rings. The van der Waals surface area contributed by atoms with E-state index in [1.54, 1.807) is 6.20 Å². The number of pyridine rings is 1. The van der Waals surface area contributed by atoms with Gasteiger partial charge in [0.15, 0.2) is 0 Å². The lowest BCUT2D eigenvalue weighted by Gasteiger charge is -2.28. The average molecular weight is 191 g/mol. The van der Waals surface area contributed by atoms with E-state index in [0.717, 1.165) is 24.2 Å². The molecule has 0 bridgehead atoms. The van der Waals surface area contributed by atoms with E-state index in [-0.39, 0.29) is 6.04 Å². The molecule has 14 heavy (non-hydrogen) atoms. The molecular formula is C11H17N3. The average Bonchev–Trinajstić information content (AvgIpc) is 2.20. The molecular weight excluding hydrogens is 174 g/mol. The lowest BCUT2D eigenvalue weighted by Crippen LogP contribution is -2.32. The number of rotatable bonds is 1. The van der Waals surface area contributed by atoms with Gasteiger partial charge in [-0.15, -0.1) is 0 Å². The summed E-state index contributed by atoms with van der Waals surface area (Å²) < 4.78 is 0. The molecule has 0 radical (unpaired) electrons. The third-order valence-electron chi connectivity index (χ3n) is 3.04. The predicted octanol–water partition coefficient (Wildman–Crippen LogP) is 1.65. The Bertz CT molecular complexity index is 311. The highest BCUT2D eigenvalue weighted by Gasteiger charge is 2.25. The zero-order valence-corrected chi connectivity index (χ0v) is 8.32. The number of anilines is 1. The topological polar surface area (TPSA) is 64.9 Å². The van der Waals surface area contributed by atoms with Crippen LogP contribution in [0.3, 0.4) is 0 Å². The van der Waals surface area contributed by atoms with Gasteiger partial charge in [0.25, 0.3) is 0 Å². The minimum atomic E-state index is 0.237. The van der Waals surface area contributed by atoms with E-state index < -0.39 is 0 Å². The molecule has 0 amide bonds. The number of nitrogens with zero attached hydrogens (tertiary/aromatic N) is 1. The molecule has 0 spiro atoms. The quantitative estimate of drug-likeness (QED) is 0.709. The Balaban J connectivity index is 2.25. The van der Waals surface area contributed by atoms with Crippen molar-refractivity contribution in [2.75, 3.05) is 5.73 Å². The molecule has 1 aromatic heterocycles. The van der Waals surface area contributed by atoms with Crippen LogP contribution < -0.4 is 11.5 Å². The Morgan fingerprint density at radius 3 is 2.79 bits per heavy atom. The van der Waals surface area contributed by atoms with E-state index >= 15 is 0 Å². The van der Waals surface area contributed by atoms with Gasteiger partial charge in [-0.25, -0.2) is 0 Å². The lowest BCUT2D eigenvalue weighted by atomic mass is 9.82. The summed E-state index contributed by atoms with van der Waals surface area (Å²) in [6.45, 7) is 0. The summed E-state index contributed by atoms with van der Waals surface area (Å²) >= 11 is 0. The molecule has 1 aromatic rings. The van der Waals surface area contributed by atoms with Crippen LogP contribution in [0, 0.1) is 0 Å². The fraction of sp³-hybridized carbons (Fsp3) is 0.545. The van der Waals surface area contributed by atoms with Crippen LogP contribution in [0.15, 0.2) is 18.3 Å². The highest BCUT2D eigenvalue weighted by atomic mass is 14.8. The molecule has 0 saturated heterocycles. The summed E-state index contributed by atoms with van der Waals surface area (Å²) in [6.07, 6.45) is 6.51. The van der Waals surface area contributed by atoms with E-state index in [1.165, 1.54) is 12.8 Å². The van der Waals surface area contributed by atoms with Gasteiger partial charge in [-0.1, -0.05) is 12.8 Å². The van der Waals surface area contributed by atoms with Gasteiger partial charge in [0, 0.05) is 18.2 Å². The first kappa shape index (κ1) is 9.46. The molecule has 2 rings (SSSR count). The molecule has 3 nitrogen and oxygen atoms in total. The first-order valence-corrected chi connectivity index (χ1v) is 5.25. The van der Waals surface area contributed by atoms with Crippen LogP contribution in [-0.4, -0.2) is 11.0 Å². The number of nitrogen functional groups attached to an aromatic ring is 1. The van der Waals surface area contributed by atoms with Gasteiger partial charge >= 0.3 is 0 Å². The summed E-state index contributed by atoms with van der Waals surface area (Å²) in [5, 5.41) is 0. The second-order valence-electron chi connectivity index (χ2n) is 4.03. The van der Waals surface area contributed by atoms with Crippen molar-refractivity contribution in [3.8, 4) is 0 Å². The van der Waals surface area contributed by atoms with Crippen LogP contribution >= 0.6 is 0 Å². The molecule has 2 atom stereocenters. The number of hydrogen-bond acceptors (Lipinski definition) is 3. The number of nitrogens with two attached hydrogens (primary N) is 2. The smallest absolute Gasteiger partial charge is 0.0678 e. The zero-order chi connectivity index (χ0) is 9.97. The fourth-order valence-corrected chi connectivity index (χ4v) is 2.24. The lowest BCUT2D eigenvalue weighted by molar-refractivity contribution is 0.380. The van der Waals surface area contributed by atoms with Gasteiger partial charge in [0.05, 0.1) is 11.4 Å². The highest BCUT2D eigenvalue weighted by Crippen LogP contribution is 2.33. The summed E-state index contributed by atoms with van der Waals surface area (Å²) in [7, 11) is 0. The van der Waals surface area contributed by atoms with E-state index in [9.17, 15) is 0 Å². The van der Waals surface area contributed by atoms with E-state index in [0.29, 0.717) is 5.92 Å². The molecule has 4 N–H and O–H groups in total. The minimum Gasteiger partial charge on any atom is -0.397 e. The van der Waals surface area contributed by atoms with E-state index in [2.05, 4.69) is 4.98 Å². The van der Waals surface area contributed by atoms with Crippen LogP contribution in [-0.2, 0) is 0 Å². The first-order valence-electron chi connectivity index (χ1n) is 5.25. The Morgan fingerprint density at radius 1 is 1.29 bits per heavy atom. The van der Waals surface area contributed by atoms with Crippen molar-refractivity contribution in [1.29, 1.82) is 0 Å². The molecule has 1 saturated carbocycles. The predicted molar refractivity (Wildman–Crippen MR) is 57.8 cm³/mol. The maximum Gasteiger partial charge on any atom is 0.0678 e. The first-order chi connectivity index (χ1) is 6.79. The second kappa shape index (κ2) is 3.96. The number of hydrogen-bond donors (Lipinski definition) is 2. The standard InChI is InChI=1S/C11H17N3/c12-9-5-2-1-4-8(9)11-10(13)6-3-7-14-11/h3,6-9H,1-2,4-5,12-13H2.